The van der Waals surface area contributed by atoms with E-state index in [2.05, 4.69) is 4.98 Å². The highest BCUT2D eigenvalue weighted by Crippen LogP contribution is 2.26. The zero-order chi connectivity index (χ0) is 13.1. The number of hydrogen-bond donors (Lipinski definition) is 1. The van der Waals surface area contributed by atoms with Crippen molar-refractivity contribution in [3.05, 3.63) is 53.0 Å². The Labute approximate surface area is 105 Å². The van der Waals surface area contributed by atoms with E-state index >= 15 is 0 Å². The van der Waals surface area contributed by atoms with Gasteiger partial charge in [0.15, 0.2) is 0 Å². The monoisotopic (exact) mass is 247 g/mol. The van der Waals surface area contributed by atoms with Gasteiger partial charge in [0.1, 0.15) is 11.6 Å². The largest absolute Gasteiger partial charge is 0.439 e. The van der Waals surface area contributed by atoms with Gasteiger partial charge in [0, 0.05) is 17.3 Å². The van der Waals surface area contributed by atoms with Gasteiger partial charge in [-0.15, -0.1) is 0 Å². The molecule has 4 heteroatoms. The third-order valence-corrected chi connectivity index (χ3v) is 2.61. The third kappa shape index (κ3) is 2.65. The van der Waals surface area contributed by atoms with Crippen LogP contribution in [0.15, 0.2) is 30.3 Å². The Hall–Kier alpha value is -1.94. The maximum atomic E-state index is 13.1. The van der Waals surface area contributed by atoms with Gasteiger partial charge in [-0.3, -0.25) is 0 Å². The minimum absolute atomic E-state index is 0.163. The van der Waals surface area contributed by atoms with E-state index in [1.165, 1.54) is 12.1 Å². The minimum atomic E-state index is -0.373. The van der Waals surface area contributed by atoms with Gasteiger partial charge in [-0.05, 0) is 37.6 Å². The zero-order valence-corrected chi connectivity index (χ0v) is 10.3. The van der Waals surface area contributed by atoms with Crippen molar-refractivity contribution in [2.45, 2.75) is 20.5 Å². The Morgan fingerprint density at radius 3 is 2.72 bits per heavy atom. The van der Waals surface area contributed by atoms with Crippen molar-refractivity contribution in [3.63, 3.8) is 0 Å². The Morgan fingerprint density at radius 2 is 2.06 bits per heavy atom. The highest BCUT2D eigenvalue weighted by atomic mass is 19.1. The first-order chi connectivity index (χ1) is 8.60. The average molecular weight is 247 g/mol. The molecule has 0 spiro atoms. The van der Waals surface area contributed by atoms with Crippen LogP contribution in [0.3, 0.4) is 0 Å². The average Bonchev–Trinajstić information content (AvgIpc) is 2.28. The first-order valence-corrected chi connectivity index (χ1v) is 5.61. The van der Waals surface area contributed by atoms with Gasteiger partial charge in [-0.1, -0.05) is 6.07 Å². The predicted octanol–water partition coefficient (Wildman–Crippen LogP) is 3.12. The topological polar surface area (TPSA) is 42.4 Å². The molecule has 0 saturated carbocycles. The van der Waals surface area contributed by atoms with E-state index in [1.54, 1.807) is 12.1 Å². The standard InChI is InChI=1S/C14H14FNO2/c1-9-6-10(2)16-14(13(9)8-17)18-12-5-3-4-11(15)7-12/h3-7,17H,8H2,1-2H3. The Bertz CT molecular complexity index is 570. The molecule has 0 amide bonds. The number of aryl methyl sites for hydroxylation is 2. The molecular formula is C14H14FNO2. The number of rotatable bonds is 3. The molecule has 2 aromatic rings. The number of pyridine rings is 1. The molecule has 0 bridgehead atoms. The molecule has 1 N–H and O–H groups in total. The molecule has 0 atom stereocenters. The van der Waals surface area contributed by atoms with Gasteiger partial charge in [-0.25, -0.2) is 9.37 Å². The minimum Gasteiger partial charge on any atom is -0.439 e. The van der Waals surface area contributed by atoms with Crippen LogP contribution in [0.2, 0.25) is 0 Å². The molecule has 0 saturated heterocycles. The molecule has 0 unspecified atom stereocenters. The Balaban J connectivity index is 2.39. The van der Waals surface area contributed by atoms with Crippen molar-refractivity contribution in [1.29, 1.82) is 0 Å². The molecule has 94 valence electrons. The lowest BCUT2D eigenvalue weighted by Crippen LogP contribution is -1.99. The number of aliphatic hydroxyl groups excluding tert-OH is 1. The summed E-state index contributed by atoms with van der Waals surface area (Å²) < 4.78 is 18.6. The second kappa shape index (κ2) is 5.14. The van der Waals surface area contributed by atoms with Crippen LogP contribution in [-0.4, -0.2) is 10.1 Å². The maximum absolute atomic E-state index is 13.1. The number of benzene rings is 1. The number of hydrogen-bond acceptors (Lipinski definition) is 3. The van der Waals surface area contributed by atoms with E-state index in [1.807, 2.05) is 19.9 Å². The summed E-state index contributed by atoms with van der Waals surface area (Å²) in [6, 6.07) is 7.69. The van der Waals surface area contributed by atoms with E-state index in [0.717, 1.165) is 11.3 Å². The highest BCUT2D eigenvalue weighted by Gasteiger charge is 2.10. The third-order valence-electron chi connectivity index (χ3n) is 2.61. The fourth-order valence-electron chi connectivity index (χ4n) is 1.75. The molecule has 0 aliphatic rings. The Morgan fingerprint density at radius 1 is 1.28 bits per heavy atom. The van der Waals surface area contributed by atoms with Gasteiger partial charge in [0.05, 0.1) is 6.61 Å². The van der Waals surface area contributed by atoms with E-state index in [4.69, 9.17) is 4.74 Å². The SMILES string of the molecule is Cc1cc(C)c(CO)c(Oc2cccc(F)c2)n1. The van der Waals surface area contributed by atoms with E-state index in [9.17, 15) is 9.50 Å². The molecule has 0 radical (unpaired) electrons. The zero-order valence-electron chi connectivity index (χ0n) is 10.3. The predicted molar refractivity (Wildman–Crippen MR) is 66.1 cm³/mol. The molecule has 2 rings (SSSR count). The van der Waals surface area contributed by atoms with Crippen molar-refractivity contribution < 1.29 is 14.2 Å². The first kappa shape index (κ1) is 12.5. The molecule has 1 aromatic carbocycles. The number of aliphatic hydroxyl groups is 1. The summed E-state index contributed by atoms with van der Waals surface area (Å²) in [4.78, 5) is 4.23. The number of ether oxygens (including phenoxy) is 1. The summed E-state index contributed by atoms with van der Waals surface area (Å²) in [7, 11) is 0. The lowest BCUT2D eigenvalue weighted by molar-refractivity contribution is 0.274. The fourth-order valence-corrected chi connectivity index (χ4v) is 1.75. The summed E-state index contributed by atoms with van der Waals surface area (Å²) in [6.07, 6.45) is 0. The van der Waals surface area contributed by atoms with Crippen LogP contribution < -0.4 is 4.74 Å². The lowest BCUT2D eigenvalue weighted by Gasteiger charge is -2.12. The quantitative estimate of drug-likeness (QED) is 0.906. The lowest BCUT2D eigenvalue weighted by atomic mass is 10.1. The van der Waals surface area contributed by atoms with Crippen molar-refractivity contribution in [2.75, 3.05) is 0 Å². The van der Waals surface area contributed by atoms with Crippen LogP contribution >= 0.6 is 0 Å². The number of halogens is 1. The summed E-state index contributed by atoms with van der Waals surface area (Å²) >= 11 is 0. The van der Waals surface area contributed by atoms with Gasteiger partial charge >= 0.3 is 0 Å². The first-order valence-electron chi connectivity index (χ1n) is 5.61. The molecule has 0 aliphatic heterocycles. The second-order valence-corrected chi connectivity index (χ2v) is 4.08. The van der Waals surface area contributed by atoms with Crippen molar-refractivity contribution in [2.24, 2.45) is 0 Å². The smallest absolute Gasteiger partial charge is 0.225 e. The molecule has 1 heterocycles. The maximum Gasteiger partial charge on any atom is 0.225 e. The number of aromatic nitrogens is 1. The van der Waals surface area contributed by atoms with Crippen LogP contribution in [0, 0.1) is 19.7 Å². The van der Waals surface area contributed by atoms with Crippen molar-refractivity contribution in [1.82, 2.24) is 4.98 Å². The fraction of sp³-hybridized carbons (Fsp3) is 0.214. The molecule has 0 fully saturated rings. The summed E-state index contributed by atoms with van der Waals surface area (Å²) in [5.74, 6) is 0.310. The number of nitrogens with zero attached hydrogens (tertiary/aromatic N) is 1. The van der Waals surface area contributed by atoms with Crippen molar-refractivity contribution in [3.8, 4) is 11.6 Å². The highest BCUT2D eigenvalue weighted by molar-refractivity contribution is 5.38. The van der Waals surface area contributed by atoms with Gasteiger partial charge < -0.3 is 9.84 Å². The molecular weight excluding hydrogens is 233 g/mol. The summed E-state index contributed by atoms with van der Waals surface area (Å²) in [5.41, 5.74) is 2.30. The van der Waals surface area contributed by atoms with Gasteiger partial charge in [-0.2, -0.15) is 0 Å². The van der Waals surface area contributed by atoms with E-state index in [0.29, 0.717) is 17.2 Å². The van der Waals surface area contributed by atoms with E-state index < -0.39 is 0 Å². The van der Waals surface area contributed by atoms with Crippen LogP contribution in [0.25, 0.3) is 0 Å². The molecule has 3 nitrogen and oxygen atoms in total. The molecule has 0 aliphatic carbocycles. The van der Waals surface area contributed by atoms with Crippen LogP contribution in [0.1, 0.15) is 16.8 Å². The van der Waals surface area contributed by atoms with Crippen molar-refractivity contribution >= 4 is 0 Å². The second-order valence-electron chi connectivity index (χ2n) is 4.08. The Kier molecular flexibility index (Phi) is 3.58. The van der Waals surface area contributed by atoms with Crippen LogP contribution in [-0.2, 0) is 6.61 Å². The summed E-state index contributed by atoms with van der Waals surface area (Å²) in [6.45, 7) is 3.55. The molecule has 1 aromatic heterocycles. The molecule has 18 heavy (non-hydrogen) atoms. The van der Waals surface area contributed by atoms with Gasteiger partial charge in [0.2, 0.25) is 5.88 Å². The van der Waals surface area contributed by atoms with Gasteiger partial charge in [0.25, 0.3) is 0 Å². The summed E-state index contributed by atoms with van der Waals surface area (Å²) in [5, 5.41) is 9.33. The van der Waals surface area contributed by atoms with Crippen LogP contribution in [0.4, 0.5) is 4.39 Å². The normalized spacial score (nSPS) is 10.4. The van der Waals surface area contributed by atoms with E-state index in [-0.39, 0.29) is 12.4 Å². The van der Waals surface area contributed by atoms with Crippen LogP contribution in [0.5, 0.6) is 11.6 Å².